The molecule has 3 aromatic rings. The first-order valence-electron chi connectivity index (χ1n) is 12.4. The highest BCUT2D eigenvalue weighted by atomic mass is 32.2. The van der Waals surface area contributed by atoms with Gasteiger partial charge < -0.3 is 4.74 Å². The van der Waals surface area contributed by atoms with Crippen LogP contribution in [0.1, 0.15) is 67.7 Å². The number of hydrogen-bond donors (Lipinski definition) is 1. The number of aryl methyl sites for hydroxylation is 2. The summed E-state index contributed by atoms with van der Waals surface area (Å²) in [6, 6.07) is 22.2. The Balaban J connectivity index is 1.74. The molecule has 186 valence electrons. The molecule has 0 radical (unpaired) electrons. The minimum absolute atomic E-state index is 0.175. The summed E-state index contributed by atoms with van der Waals surface area (Å²) in [5.74, 6) is 0.797. The van der Waals surface area contributed by atoms with Gasteiger partial charge in [0, 0.05) is 11.1 Å². The molecule has 0 saturated heterocycles. The Morgan fingerprint density at radius 1 is 0.743 bits per heavy atom. The van der Waals surface area contributed by atoms with Crippen molar-refractivity contribution < 1.29 is 13.2 Å². The van der Waals surface area contributed by atoms with Gasteiger partial charge in [-0.15, -0.1) is 0 Å². The van der Waals surface area contributed by atoms with E-state index in [1.54, 1.807) is 24.3 Å². The van der Waals surface area contributed by atoms with Crippen molar-refractivity contribution >= 4 is 15.7 Å². The number of ether oxygens (including phenoxy) is 1. The van der Waals surface area contributed by atoms with Crippen molar-refractivity contribution in [2.24, 2.45) is 5.10 Å². The van der Waals surface area contributed by atoms with Crippen molar-refractivity contribution in [2.75, 3.05) is 6.61 Å². The van der Waals surface area contributed by atoms with E-state index in [1.807, 2.05) is 62.4 Å². The lowest BCUT2D eigenvalue weighted by Gasteiger charge is -2.11. The minimum Gasteiger partial charge on any atom is -0.494 e. The Morgan fingerprint density at radius 3 is 1.86 bits per heavy atom. The number of sulfonamides is 1. The molecule has 1 N–H and O–H groups in total. The van der Waals surface area contributed by atoms with Gasteiger partial charge in [-0.05, 0) is 56.7 Å². The fourth-order valence-electron chi connectivity index (χ4n) is 3.66. The van der Waals surface area contributed by atoms with Crippen LogP contribution in [0.2, 0.25) is 0 Å². The third-order valence-electron chi connectivity index (χ3n) is 5.83. The summed E-state index contributed by atoms with van der Waals surface area (Å²) >= 11 is 0. The zero-order valence-electron chi connectivity index (χ0n) is 21.0. The van der Waals surface area contributed by atoms with Gasteiger partial charge in [0.1, 0.15) is 5.75 Å². The lowest BCUT2D eigenvalue weighted by molar-refractivity contribution is 0.304. The van der Waals surface area contributed by atoms with E-state index in [-0.39, 0.29) is 4.90 Å². The molecule has 3 rings (SSSR count). The molecule has 6 heteroatoms. The van der Waals surface area contributed by atoms with Crippen LogP contribution in [-0.2, 0) is 10.0 Å². The van der Waals surface area contributed by atoms with Gasteiger partial charge in [-0.25, -0.2) is 0 Å². The molecule has 0 aliphatic rings. The van der Waals surface area contributed by atoms with Crippen molar-refractivity contribution in [3.63, 3.8) is 0 Å². The molecule has 5 nitrogen and oxygen atoms in total. The van der Waals surface area contributed by atoms with Crippen molar-refractivity contribution in [2.45, 2.75) is 64.2 Å². The predicted octanol–water partition coefficient (Wildman–Crippen LogP) is 6.77. The van der Waals surface area contributed by atoms with Gasteiger partial charge in [0.15, 0.2) is 0 Å². The van der Waals surface area contributed by atoms with Crippen LogP contribution in [0.3, 0.4) is 0 Å². The molecule has 0 fully saturated rings. The summed E-state index contributed by atoms with van der Waals surface area (Å²) in [6.07, 6.45) is 7.33. The SMILES string of the molecule is CCCCCCCCOc1ccc(C(=NNS(=O)(=O)c2ccc(C)cc2)c2ccc(C)cc2)cc1. The normalized spacial score (nSPS) is 11.9. The molecule has 0 heterocycles. The molecule has 3 aromatic carbocycles. The second-order valence-corrected chi connectivity index (χ2v) is 10.5. The predicted molar refractivity (Wildman–Crippen MR) is 144 cm³/mol. The zero-order valence-corrected chi connectivity index (χ0v) is 21.8. The monoisotopic (exact) mass is 492 g/mol. The Bertz CT molecular complexity index is 1180. The number of unbranched alkanes of at least 4 members (excludes halogenated alkanes) is 5. The molecule has 0 amide bonds. The first-order valence-corrected chi connectivity index (χ1v) is 13.8. The van der Waals surface area contributed by atoms with Gasteiger partial charge in [0.05, 0.1) is 17.2 Å². The van der Waals surface area contributed by atoms with Crippen LogP contribution in [-0.4, -0.2) is 20.7 Å². The van der Waals surface area contributed by atoms with Crippen molar-refractivity contribution in [1.82, 2.24) is 4.83 Å². The molecule has 35 heavy (non-hydrogen) atoms. The van der Waals surface area contributed by atoms with Crippen LogP contribution in [0, 0.1) is 13.8 Å². The van der Waals surface area contributed by atoms with Gasteiger partial charge >= 0.3 is 0 Å². The quantitative estimate of drug-likeness (QED) is 0.163. The van der Waals surface area contributed by atoms with E-state index in [1.165, 1.54) is 32.1 Å². The van der Waals surface area contributed by atoms with E-state index in [9.17, 15) is 8.42 Å². The van der Waals surface area contributed by atoms with Crippen LogP contribution in [0.15, 0.2) is 82.8 Å². The number of rotatable bonds is 13. The summed E-state index contributed by atoms with van der Waals surface area (Å²) in [5.41, 5.74) is 4.27. The van der Waals surface area contributed by atoms with E-state index >= 15 is 0 Å². The first kappa shape index (κ1) is 26.5. The Hall–Kier alpha value is -3.12. The van der Waals surface area contributed by atoms with E-state index in [4.69, 9.17) is 4.74 Å². The highest BCUT2D eigenvalue weighted by Gasteiger charge is 2.15. The van der Waals surface area contributed by atoms with Crippen molar-refractivity contribution in [1.29, 1.82) is 0 Å². The largest absolute Gasteiger partial charge is 0.494 e. The molecule has 0 unspecified atom stereocenters. The van der Waals surface area contributed by atoms with Gasteiger partial charge in [-0.2, -0.15) is 18.4 Å². The molecule has 0 aliphatic carbocycles. The van der Waals surface area contributed by atoms with E-state index in [0.717, 1.165) is 34.4 Å². The lowest BCUT2D eigenvalue weighted by atomic mass is 10.0. The number of benzene rings is 3. The minimum atomic E-state index is -3.79. The molecule has 0 atom stereocenters. The summed E-state index contributed by atoms with van der Waals surface area (Å²) < 4.78 is 31.5. The van der Waals surface area contributed by atoms with E-state index in [2.05, 4.69) is 16.9 Å². The highest BCUT2D eigenvalue weighted by molar-refractivity contribution is 7.89. The van der Waals surface area contributed by atoms with Crippen LogP contribution in [0.4, 0.5) is 0 Å². The van der Waals surface area contributed by atoms with Gasteiger partial charge in [0.2, 0.25) is 0 Å². The summed E-state index contributed by atoms with van der Waals surface area (Å²) in [7, 11) is -3.79. The Labute approximate surface area is 210 Å². The fraction of sp³-hybridized carbons (Fsp3) is 0.345. The van der Waals surface area contributed by atoms with Gasteiger partial charge in [-0.1, -0.05) is 86.6 Å². The average Bonchev–Trinajstić information content (AvgIpc) is 2.86. The maximum Gasteiger partial charge on any atom is 0.276 e. The second kappa shape index (κ2) is 13.1. The topological polar surface area (TPSA) is 67.8 Å². The number of nitrogens with one attached hydrogen (secondary N) is 1. The van der Waals surface area contributed by atoms with Crippen LogP contribution < -0.4 is 9.57 Å². The number of nitrogens with zero attached hydrogens (tertiary/aromatic N) is 1. The van der Waals surface area contributed by atoms with Crippen molar-refractivity contribution in [3.8, 4) is 5.75 Å². The van der Waals surface area contributed by atoms with Crippen LogP contribution in [0.5, 0.6) is 5.75 Å². The number of hydrazone groups is 1. The summed E-state index contributed by atoms with van der Waals surface area (Å²) in [5, 5.41) is 4.34. The van der Waals surface area contributed by atoms with Crippen LogP contribution >= 0.6 is 0 Å². The highest BCUT2D eigenvalue weighted by Crippen LogP contribution is 2.18. The maximum atomic E-state index is 12.8. The molecule has 0 aliphatic heterocycles. The van der Waals surface area contributed by atoms with Crippen LogP contribution in [0.25, 0.3) is 0 Å². The third-order valence-corrected chi connectivity index (χ3v) is 7.05. The molecule has 0 bridgehead atoms. The molecular formula is C29H36N2O3S. The van der Waals surface area contributed by atoms with E-state index < -0.39 is 10.0 Å². The molecular weight excluding hydrogens is 456 g/mol. The second-order valence-electron chi connectivity index (χ2n) is 8.87. The van der Waals surface area contributed by atoms with Crippen molar-refractivity contribution in [3.05, 3.63) is 95.1 Å². The Kier molecular flexibility index (Phi) is 9.91. The smallest absolute Gasteiger partial charge is 0.276 e. The maximum absolute atomic E-state index is 12.8. The third kappa shape index (κ3) is 8.25. The van der Waals surface area contributed by atoms with E-state index in [0.29, 0.717) is 12.3 Å². The lowest BCUT2D eigenvalue weighted by Crippen LogP contribution is -2.21. The van der Waals surface area contributed by atoms with Gasteiger partial charge in [-0.3, -0.25) is 0 Å². The standard InChI is InChI=1S/C29H36N2O3S/c1-4-5-6-7-8-9-22-34-27-18-16-26(17-19-27)29(25-14-10-23(2)11-15-25)30-31-35(32,33)28-20-12-24(3)13-21-28/h10-21,31H,4-9,22H2,1-3H3. The summed E-state index contributed by atoms with van der Waals surface area (Å²) in [4.78, 5) is 2.59. The first-order chi connectivity index (χ1) is 16.9. The Morgan fingerprint density at radius 2 is 1.26 bits per heavy atom. The molecule has 0 saturated carbocycles. The van der Waals surface area contributed by atoms with Gasteiger partial charge in [0.25, 0.3) is 10.0 Å². The fourth-order valence-corrected chi connectivity index (χ4v) is 4.48. The number of hydrogen-bond acceptors (Lipinski definition) is 4. The summed E-state index contributed by atoms with van der Waals surface area (Å²) in [6.45, 7) is 6.84. The molecule has 0 aromatic heterocycles. The molecule has 0 spiro atoms. The average molecular weight is 493 g/mol. The zero-order chi connectivity index (χ0) is 25.1.